The number of amides is 1. The lowest BCUT2D eigenvalue weighted by atomic mass is 9.97. The number of primary amides is 1. The summed E-state index contributed by atoms with van der Waals surface area (Å²) in [5.74, 6) is 2.65. The number of para-hydroxylation sites is 2. The van der Waals surface area contributed by atoms with Gasteiger partial charge in [0.2, 0.25) is 5.91 Å². The number of nitrogens with two attached hydrogens (primary N) is 1. The Balaban J connectivity index is 1.59. The summed E-state index contributed by atoms with van der Waals surface area (Å²) in [6.07, 6.45) is 2.00. The highest BCUT2D eigenvalue weighted by atomic mass is 16.5. The third kappa shape index (κ3) is 4.48. The van der Waals surface area contributed by atoms with Crippen LogP contribution in [0.5, 0.6) is 11.5 Å². The van der Waals surface area contributed by atoms with Gasteiger partial charge in [0.1, 0.15) is 6.61 Å². The molecule has 2 aromatic rings. The molecule has 1 aliphatic heterocycles. The topological polar surface area (TPSA) is 106 Å². The maximum atomic E-state index is 11.1. The minimum Gasteiger partial charge on any atom is -0.493 e. The van der Waals surface area contributed by atoms with Gasteiger partial charge < -0.3 is 15.2 Å². The van der Waals surface area contributed by atoms with E-state index >= 15 is 0 Å². The van der Waals surface area contributed by atoms with Crippen LogP contribution in [0.3, 0.4) is 0 Å². The number of aromatic amines is 1. The molecule has 1 amide bonds. The van der Waals surface area contributed by atoms with Crippen molar-refractivity contribution in [3.8, 4) is 11.5 Å². The van der Waals surface area contributed by atoms with Crippen LogP contribution in [0.25, 0.3) is 0 Å². The molecule has 2 heterocycles. The molecule has 3 rings (SSSR count). The number of piperidine rings is 1. The third-order valence-corrected chi connectivity index (χ3v) is 4.23. The van der Waals surface area contributed by atoms with Gasteiger partial charge in [-0.3, -0.25) is 14.8 Å². The van der Waals surface area contributed by atoms with E-state index in [2.05, 4.69) is 20.1 Å². The van der Waals surface area contributed by atoms with Crippen LogP contribution in [0.4, 0.5) is 0 Å². The molecular weight excluding hydrogens is 322 g/mol. The second kappa shape index (κ2) is 7.98. The van der Waals surface area contributed by atoms with Crippen LogP contribution >= 0.6 is 0 Å². The van der Waals surface area contributed by atoms with E-state index in [0.29, 0.717) is 17.3 Å². The zero-order valence-electron chi connectivity index (χ0n) is 14.3. The van der Waals surface area contributed by atoms with Crippen molar-refractivity contribution in [1.82, 2.24) is 20.1 Å². The van der Waals surface area contributed by atoms with Gasteiger partial charge in [0.25, 0.3) is 0 Å². The Labute approximate surface area is 146 Å². The number of likely N-dealkylation sites (tertiary alicyclic amines) is 1. The number of H-pyrrole nitrogens is 1. The van der Waals surface area contributed by atoms with Crippen LogP contribution in [-0.4, -0.2) is 52.7 Å². The normalized spacial score (nSPS) is 18.0. The monoisotopic (exact) mass is 345 g/mol. The Bertz CT molecular complexity index is 718. The molecule has 1 aliphatic rings. The van der Waals surface area contributed by atoms with Gasteiger partial charge in [-0.25, -0.2) is 4.98 Å². The standard InChI is InChI=1S/C17H23N5O3/c1-24-13-6-2-3-7-14(13)25-11-16-19-17(21-20-16)12-5-4-8-22(9-12)10-15(18)23/h2-3,6-7,12H,4-5,8-11H2,1H3,(H2,18,23)(H,19,20,21). The van der Waals surface area contributed by atoms with Crippen molar-refractivity contribution in [3.63, 3.8) is 0 Å². The van der Waals surface area contributed by atoms with Crippen LogP contribution < -0.4 is 15.2 Å². The fourth-order valence-electron chi connectivity index (χ4n) is 3.07. The molecular formula is C17H23N5O3. The lowest BCUT2D eigenvalue weighted by Gasteiger charge is -2.30. The predicted octanol–water partition coefficient (Wildman–Crippen LogP) is 1.06. The van der Waals surface area contributed by atoms with E-state index in [9.17, 15) is 4.79 Å². The Morgan fingerprint density at radius 2 is 2.20 bits per heavy atom. The molecule has 1 aromatic carbocycles. The number of hydrogen-bond donors (Lipinski definition) is 2. The summed E-state index contributed by atoms with van der Waals surface area (Å²) in [7, 11) is 1.61. The lowest BCUT2D eigenvalue weighted by Crippen LogP contribution is -2.40. The van der Waals surface area contributed by atoms with Crippen molar-refractivity contribution in [3.05, 3.63) is 35.9 Å². The first-order chi connectivity index (χ1) is 12.2. The number of hydrogen-bond acceptors (Lipinski definition) is 6. The Morgan fingerprint density at radius 1 is 1.40 bits per heavy atom. The highest BCUT2D eigenvalue weighted by Crippen LogP contribution is 2.27. The van der Waals surface area contributed by atoms with Crippen molar-refractivity contribution in [1.29, 1.82) is 0 Å². The van der Waals surface area contributed by atoms with E-state index in [4.69, 9.17) is 15.2 Å². The van der Waals surface area contributed by atoms with Gasteiger partial charge >= 0.3 is 0 Å². The first kappa shape index (κ1) is 17.2. The number of rotatable bonds is 7. The molecule has 0 spiro atoms. The van der Waals surface area contributed by atoms with E-state index in [-0.39, 0.29) is 25.0 Å². The van der Waals surface area contributed by atoms with E-state index in [1.807, 2.05) is 24.3 Å². The van der Waals surface area contributed by atoms with Crippen LogP contribution in [-0.2, 0) is 11.4 Å². The van der Waals surface area contributed by atoms with Crippen molar-refractivity contribution in [2.45, 2.75) is 25.4 Å². The van der Waals surface area contributed by atoms with Gasteiger partial charge in [0.05, 0.1) is 13.7 Å². The molecule has 1 saturated heterocycles. The summed E-state index contributed by atoms with van der Waals surface area (Å²) in [6, 6.07) is 7.47. The molecule has 1 atom stereocenters. The quantitative estimate of drug-likeness (QED) is 0.777. The molecule has 1 fully saturated rings. The molecule has 1 aromatic heterocycles. The highest BCUT2D eigenvalue weighted by molar-refractivity contribution is 5.75. The summed E-state index contributed by atoms with van der Waals surface area (Å²) < 4.78 is 11.0. The molecule has 0 radical (unpaired) electrons. The summed E-state index contributed by atoms with van der Waals surface area (Å²) in [5.41, 5.74) is 5.29. The fraction of sp³-hybridized carbons (Fsp3) is 0.471. The average molecular weight is 345 g/mol. The largest absolute Gasteiger partial charge is 0.493 e. The van der Waals surface area contributed by atoms with E-state index in [0.717, 1.165) is 31.8 Å². The minimum absolute atomic E-state index is 0.198. The summed E-state index contributed by atoms with van der Waals surface area (Å²) in [5, 5.41) is 7.25. The molecule has 0 aliphatic carbocycles. The van der Waals surface area contributed by atoms with Gasteiger partial charge in [-0.2, -0.15) is 5.10 Å². The molecule has 0 bridgehead atoms. The molecule has 25 heavy (non-hydrogen) atoms. The summed E-state index contributed by atoms with van der Waals surface area (Å²) in [6.45, 7) is 2.19. The number of carbonyl (C=O) groups is 1. The van der Waals surface area contributed by atoms with Crippen molar-refractivity contribution >= 4 is 5.91 Å². The maximum Gasteiger partial charge on any atom is 0.231 e. The molecule has 134 valence electrons. The second-order valence-electron chi connectivity index (χ2n) is 6.12. The third-order valence-electron chi connectivity index (χ3n) is 4.23. The second-order valence-corrected chi connectivity index (χ2v) is 6.12. The minimum atomic E-state index is -0.304. The SMILES string of the molecule is COc1ccccc1OCc1nc(C2CCCN(CC(N)=O)C2)n[nH]1. The van der Waals surface area contributed by atoms with Crippen molar-refractivity contribution in [2.24, 2.45) is 5.73 Å². The fourth-order valence-corrected chi connectivity index (χ4v) is 3.07. The first-order valence-electron chi connectivity index (χ1n) is 8.33. The van der Waals surface area contributed by atoms with Gasteiger partial charge in [-0.1, -0.05) is 12.1 Å². The molecule has 3 N–H and O–H groups in total. The van der Waals surface area contributed by atoms with E-state index < -0.39 is 0 Å². The van der Waals surface area contributed by atoms with Crippen molar-refractivity contribution in [2.75, 3.05) is 26.7 Å². The molecule has 1 unspecified atom stereocenters. The number of ether oxygens (including phenoxy) is 2. The lowest BCUT2D eigenvalue weighted by molar-refractivity contribution is -0.119. The zero-order chi connectivity index (χ0) is 17.6. The number of nitrogens with one attached hydrogen (secondary N) is 1. The number of benzene rings is 1. The summed E-state index contributed by atoms with van der Waals surface area (Å²) in [4.78, 5) is 17.7. The van der Waals surface area contributed by atoms with Crippen LogP contribution in [0.15, 0.2) is 24.3 Å². The van der Waals surface area contributed by atoms with Crippen molar-refractivity contribution < 1.29 is 14.3 Å². The maximum absolute atomic E-state index is 11.1. The predicted molar refractivity (Wildman–Crippen MR) is 91.3 cm³/mol. The van der Waals surface area contributed by atoms with Crippen LogP contribution in [0, 0.1) is 0 Å². The van der Waals surface area contributed by atoms with Crippen LogP contribution in [0.1, 0.15) is 30.4 Å². The number of aromatic nitrogens is 3. The smallest absolute Gasteiger partial charge is 0.231 e. The Morgan fingerprint density at radius 3 is 2.96 bits per heavy atom. The number of methoxy groups -OCH3 is 1. The summed E-state index contributed by atoms with van der Waals surface area (Å²) >= 11 is 0. The molecule has 0 saturated carbocycles. The molecule has 8 heteroatoms. The van der Waals surface area contributed by atoms with E-state index in [1.54, 1.807) is 7.11 Å². The number of nitrogens with zero attached hydrogens (tertiary/aromatic N) is 3. The van der Waals surface area contributed by atoms with Crippen LogP contribution in [0.2, 0.25) is 0 Å². The zero-order valence-corrected chi connectivity index (χ0v) is 14.3. The Hall–Kier alpha value is -2.61. The van der Waals surface area contributed by atoms with Gasteiger partial charge in [-0.15, -0.1) is 0 Å². The first-order valence-corrected chi connectivity index (χ1v) is 8.33. The van der Waals surface area contributed by atoms with E-state index in [1.165, 1.54) is 0 Å². The molecule has 8 nitrogen and oxygen atoms in total. The van der Waals surface area contributed by atoms with Gasteiger partial charge in [-0.05, 0) is 31.5 Å². The Kier molecular flexibility index (Phi) is 5.49. The van der Waals surface area contributed by atoms with Gasteiger partial charge in [0, 0.05) is 12.5 Å². The number of carbonyl (C=O) groups excluding carboxylic acids is 1. The average Bonchev–Trinajstić information content (AvgIpc) is 3.09. The van der Waals surface area contributed by atoms with Gasteiger partial charge in [0.15, 0.2) is 23.1 Å². The highest BCUT2D eigenvalue weighted by Gasteiger charge is 2.25.